The number of rotatable bonds is 2. The summed E-state index contributed by atoms with van der Waals surface area (Å²) in [5.74, 6) is 0.0627. The van der Waals surface area contributed by atoms with E-state index in [2.05, 4.69) is 33.0 Å². The lowest BCUT2D eigenvalue weighted by molar-refractivity contribution is 0.0713. The molecule has 2 rings (SSSR count). The van der Waals surface area contributed by atoms with Gasteiger partial charge in [0.25, 0.3) is 5.91 Å². The van der Waals surface area contributed by atoms with Crippen molar-refractivity contribution in [3.8, 4) is 5.75 Å². The molecule has 116 valence electrons. The lowest BCUT2D eigenvalue weighted by Gasteiger charge is -2.45. The van der Waals surface area contributed by atoms with Gasteiger partial charge in [-0.05, 0) is 70.9 Å². The number of carbonyl (C=O) groups is 1. The number of benzene rings is 1. The summed E-state index contributed by atoms with van der Waals surface area (Å²) in [6, 6.07) is 5.25. The highest BCUT2D eigenvalue weighted by Crippen LogP contribution is 2.45. The normalized spacial score (nSPS) is 21.0. The quantitative estimate of drug-likeness (QED) is 0.725. The van der Waals surface area contributed by atoms with Crippen molar-refractivity contribution in [2.75, 3.05) is 0 Å². The molecule has 1 aromatic rings. The Hall–Kier alpha value is -0.780. The van der Waals surface area contributed by atoms with Crippen LogP contribution >= 0.6 is 22.6 Å². The Bertz CT molecular complexity index is 536. The second-order valence-corrected chi connectivity index (χ2v) is 8.91. The van der Waals surface area contributed by atoms with Gasteiger partial charge in [0.2, 0.25) is 0 Å². The van der Waals surface area contributed by atoms with E-state index in [4.69, 9.17) is 0 Å². The first-order valence-electron chi connectivity index (χ1n) is 7.37. The van der Waals surface area contributed by atoms with Gasteiger partial charge in [0.15, 0.2) is 0 Å². The molecule has 0 atom stereocenters. The summed E-state index contributed by atoms with van der Waals surface area (Å²) in [7, 11) is 0. The van der Waals surface area contributed by atoms with Crippen LogP contribution in [0.2, 0.25) is 0 Å². The summed E-state index contributed by atoms with van der Waals surface area (Å²) in [5.41, 5.74) is 1.01. The van der Waals surface area contributed by atoms with Crippen LogP contribution in [0.25, 0.3) is 0 Å². The summed E-state index contributed by atoms with van der Waals surface area (Å²) in [6.45, 7) is 9.07. The molecule has 0 spiro atoms. The Morgan fingerprint density at radius 2 is 1.81 bits per heavy atom. The van der Waals surface area contributed by atoms with Crippen LogP contribution in [0, 0.1) is 14.4 Å². The van der Waals surface area contributed by atoms with Crippen LogP contribution in [-0.2, 0) is 0 Å². The van der Waals surface area contributed by atoms with E-state index in [1.165, 1.54) is 12.5 Å². The van der Waals surface area contributed by atoms with Crippen molar-refractivity contribution in [2.45, 2.75) is 53.0 Å². The van der Waals surface area contributed by atoms with E-state index < -0.39 is 0 Å². The Morgan fingerprint density at radius 3 is 2.33 bits per heavy atom. The van der Waals surface area contributed by atoms with Crippen molar-refractivity contribution >= 4 is 28.5 Å². The smallest absolute Gasteiger partial charge is 0.251 e. The van der Waals surface area contributed by atoms with Gasteiger partial charge in [-0.25, -0.2) is 0 Å². The Morgan fingerprint density at radius 1 is 1.24 bits per heavy atom. The second-order valence-electron chi connectivity index (χ2n) is 7.75. The molecule has 2 N–H and O–H groups in total. The number of phenols is 1. The van der Waals surface area contributed by atoms with Crippen molar-refractivity contribution in [3.63, 3.8) is 0 Å². The van der Waals surface area contributed by atoms with Gasteiger partial charge in [0, 0.05) is 11.6 Å². The first-order chi connectivity index (χ1) is 9.58. The Labute approximate surface area is 140 Å². The largest absolute Gasteiger partial charge is 0.507 e. The Balaban J connectivity index is 2.10. The molecule has 4 heteroatoms. The average molecular weight is 401 g/mol. The number of hydrogen-bond acceptors (Lipinski definition) is 2. The standard InChI is InChI=1S/C17H24INO2/c1-16(2)8-12(9-17(3,4)10-16)19-15(21)11-5-6-13(18)14(20)7-11/h5-7,12,20H,8-10H2,1-4H3,(H,19,21). The topological polar surface area (TPSA) is 49.3 Å². The molecule has 21 heavy (non-hydrogen) atoms. The third-order valence-corrected chi connectivity index (χ3v) is 5.01. The molecule has 3 nitrogen and oxygen atoms in total. The van der Waals surface area contributed by atoms with Crippen molar-refractivity contribution in [1.82, 2.24) is 5.32 Å². The van der Waals surface area contributed by atoms with Crippen molar-refractivity contribution in [2.24, 2.45) is 10.8 Å². The molecule has 0 aromatic heterocycles. The molecular formula is C17H24INO2. The number of hydrogen-bond donors (Lipinski definition) is 2. The molecule has 1 aromatic carbocycles. The van der Waals surface area contributed by atoms with E-state index in [9.17, 15) is 9.90 Å². The minimum atomic E-state index is -0.0970. The van der Waals surface area contributed by atoms with E-state index in [0.717, 1.165) is 16.4 Å². The highest BCUT2D eigenvalue weighted by atomic mass is 127. The van der Waals surface area contributed by atoms with Crippen molar-refractivity contribution < 1.29 is 9.90 Å². The zero-order valence-electron chi connectivity index (χ0n) is 13.2. The van der Waals surface area contributed by atoms with Crippen LogP contribution in [0.4, 0.5) is 0 Å². The first kappa shape index (κ1) is 16.6. The van der Waals surface area contributed by atoms with Gasteiger partial charge < -0.3 is 10.4 Å². The SMILES string of the molecule is CC1(C)CC(NC(=O)c2ccc(I)c(O)c2)CC(C)(C)C1. The molecule has 0 unspecified atom stereocenters. The summed E-state index contributed by atoms with van der Waals surface area (Å²) in [4.78, 5) is 12.4. The minimum absolute atomic E-state index is 0.0970. The fraction of sp³-hybridized carbons (Fsp3) is 0.588. The van der Waals surface area contributed by atoms with Crippen LogP contribution in [0.3, 0.4) is 0 Å². The molecule has 0 saturated heterocycles. The monoisotopic (exact) mass is 401 g/mol. The first-order valence-corrected chi connectivity index (χ1v) is 8.45. The van der Waals surface area contributed by atoms with Crippen LogP contribution in [0.5, 0.6) is 5.75 Å². The number of carbonyl (C=O) groups excluding carboxylic acids is 1. The lowest BCUT2D eigenvalue weighted by atomic mass is 9.63. The van der Waals surface area contributed by atoms with Gasteiger partial charge >= 0.3 is 0 Å². The summed E-state index contributed by atoms with van der Waals surface area (Å²) < 4.78 is 0.754. The van der Waals surface area contributed by atoms with Crippen LogP contribution in [0.15, 0.2) is 18.2 Å². The van der Waals surface area contributed by atoms with Gasteiger partial charge in [-0.2, -0.15) is 0 Å². The van der Waals surface area contributed by atoms with Crippen molar-refractivity contribution in [3.05, 3.63) is 27.3 Å². The Kier molecular flexibility index (Phi) is 4.57. The minimum Gasteiger partial charge on any atom is -0.507 e. The van der Waals surface area contributed by atoms with Gasteiger partial charge in [-0.3, -0.25) is 4.79 Å². The summed E-state index contributed by atoms with van der Waals surface area (Å²) in [5, 5.41) is 12.9. The van der Waals surface area contributed by atoms with E-state index >= 15 is 0 Å². The molecular weight excluding hydrogens is 377 g/mol. The third-order valence-electron chi connectivity index (χ3n) is 4.10. The summed E-state index contributed by atoms with van der Waals surface area (Å²) >= 11 is 2.05. The van der Waals surface area contributed by atoms with Crippen molar-refractivity contribution in [1.29, 1.82) is 0 Å². The molecule has 0 radical (unpaired) electrons. The lowest BCUT2D eigenvalue weighted by Crippen LogP contribution is -2.46. The van der Waals surface area contributed by atoms with E-state index in [0.29, 0.717) is 5.56 Å². The van der Waals surface area contributed by atoms with Crippen LogP contribution in [0.1, 0.15) is 57.3 Å². The van der Waals surface area contributed by atoms with Gasteiger partial charge in [0.05, 0.1) is 3.57 Å². The number of nitrogens with one attached hydrogen (secondary N) is 1. The predicted molar refractivity (Wildman–Crippen MR) is 93.5 cm³/mol. The van der Waals surface area contributed by atoms with E-state index in [1.54, 1.807) is 12.1 Å². The van der Waals surface area contributed by atoms with Gasteiger partial charge in [-0.15, -0.1) is 0 Å². The fourth-order valence-electron chi connectivity index (χ4n) is 3.87. The predicted octanol–water partition coefficient (Wildman–Crippen LogP) is 4.33. The van der Waals surface area contributed by atoms with Crippen LogP contribution in [-0.4, -0.2) is 17.1 Å². The fourth-order valence-corrected chi connectivity index (χ4v) is 4.21. The summed E-state index contributed by atoms with van der Waals surface area (Å²) in [6.07, 6.45) is 3.17. The number of phenolic OH excluding ortho intramolecular Hbond substituents is 1. The molecule has 1 saturated carbocycles. The maximum absolute atomic E-state index is 12.4. The highest BCUT2D eigenvalue weighted by molar-refractivity contribution is 14.1. The van der Waals surface area contributed by atoms with Crippen LogP contribution < -0.4 is 5.32 Å². The zero-order valence-corrected chi connectivity index (χ0v) is 15.3. The maximum atomic E-state index is 12.4. The molecule has 0 aliphatic heterocycles. The number of halogens is 1. The molecule has 0 heterocycles. The average Bonchev–Trinajstić information content (AvgIpc) is 2.28. The number of aromatic hydroxyl groups is 1. The van der Waals surface area contributed by atoms with E-state index in [1.807, 2.05) is 22.6 Å². The molecule has 1 fully saturated rings. The molecule has 1 amide bonds. The number of amides is 1. The third kappa shape index (κ3) is 4.34. The van der Waals surface area contributed by atoms with E-state index in [-0.39, 0.29) is 28.5 Å². The molecule has 1 aliphatic carbocycles. The molecule has 0 bridgehead atoms. The van der Waals surface area contributed by atoms with Gasteiger partial charge in [0.1, 0.15) is 5.75 Å². The highest BCUT2D eigenvalue weighted by Gasteiger charge is 2.38. The van der Waals surface area contributed by atoms with Gasteiger partial charge in [-0.1, -0.05) is 27.7 Å². The second kappa shape index (κ2) is 5.78. The molecule has 1 aliphatic rings. The zero-order chi connectivity index (χ0) is 15.8. The maximum Gasteiger partial charge on any atom is 0.251 e.